The maximum atomic E-state index is 12.6. The molecule has 1 rings (SSSR count). The van der Waals surface area contributed by atoms with Crippen molar-refractivity contribution in [2.45, 2.75) is 6.92 Å². The van der Waals surface area contributed by atoms with Gasteiger partial charge in [-0.05, 0) is 19.1 Å². The van der Waals surface area contributed by atoms with E-state index < -0.39 is 19.7 Å². The van der Waals surface area contributed by atoms with Crippen LogP contribution in [0.4, 0.5) is 8.78 Å². The van der Waals surface area contributed by atoms with Crippen LogP contribution in [0.25, 0.3) is 0 Å². The summed E-state index contributed by atoms with van der Waals surface area (Å²) in [5.74, 6) is -1.49. The SMILES string of the molecule is CCO[PH](=O)c1cc(F)cc(F)c1. The monoisotopic (exact) mass is 206 g/mol. The number of rotatable bonds is 3. The number of hydrogen-bond donors (Lipinski definition) is 0. The van der Waals surface area contributed by atoms with E-state index in [0.29, 0.717) is 0 Å². The Kier molecular flexibility index (Phi) is 3.58. The summed E-state index contributed by atoms with van der Waals surface area (Å²) >= 11 is 0. The minimum Gasteiger partial charge on any atom is -0.328 e. The standard InChI is InChI=1S/C8H9F2O2P/c1-2-12-13(11)8-4-6(9)3-7(10)5-8/h3-5,13H,2H2,1H3. The van der Waals surface area contributed by atoms with Crippen LogP contribution in [-0.2, 0) is 9.09 Å². The highest BCUT2D eigenvalue weighted by Crippen LogP contribution is 2.21. The maximum absolute atomic E-state index is 12.6. The molecule has 0 spiro atoms. The predicted octanol–water partition coefficient (Wildman–Crippen LogP) is 2.10. The Labute approximate surface area is 75.4 Å². The van der Waals surface area contributed by atoms with Gasteiger partial charge in [0.2, 0.25) is 8.03 Å². The molecule has 72 valence electrons. The van der Waals surface area contributed by atoms with Crippen LogP contribution >= 0.6 is 8.03 Å². The van der Waals surface area contributed by atoms with E-state index in [1.165, 1.54) is 0 Å². The van der Waals surface area contributed by atoms with Gasteiger partial charge >= 0.3 is 0 Å². The molecule has 0 heterocycles. The Hall–Kier alpha value is -0.730. The first kappa shape index (κ1) is 10.4. The molecule has 0 fully saturated rings. The van der Waals surface area contributed by atoms with Crippen LogP contribution in [-0.4, -0.2) is 6.61 Å². The largest absolute Gasteiger partial charge is 0.328 e. The van der Waals surface area contributed by atoms with Crippen molar-refractivity contribution in [3.05, 3.63) is 29.8 Å². The normalized spacial score (nSPS) is 12.8. The topological polar surface area (TPSA) is 26.3 Å². The molecular formula is C8H9F2O2P. The Morgan fingerprint density at radius 3 is 2.31 bits per heavy atom. The lowest BCUT2D eigenvalue weighted by Crippen LogP contribution is -2.01. The predicted molar refractivity (Wildman–Crippen MR) is 46.6 cm³/mol. The third-order valence-corrected chi connectivity index (χ3v) is 2.68. The molecule has 0 aromatic heterocycles. The molecule has 0 amide bonds. The minimum atomic E-state index is -2.49. The van der Waals surface area contributed by atoms with Crippen LogP contribution < -0.4 is 5.30 Å². The van der Waals surface area contributed by atoms with E-state index in [-0.39, 0.29) is 11.9 Å². The van der Waals surface area contributed by atoms with E-state index in [2.05, 4.69) is 0 Å². The van der Waals surface area contributed by atoms with Gasteiger partial charge in [-0.1, -0.05) is 0 Å². The molecule has 5 heteroatoms. The van der Waals surface area contributed by atoms with Crippen molar-refractivity contribution < 1.29 is 17.9 Å². The van der Waals surface area contributed by atoms with E-state index in [9.17, 15) is 13.3 Å². The van der Waals surface area contributed by atoms with Crippen LogP contribution in [0, 0.1) is 11.6 Å². The molecule has 0 aliphatic rings. The molecule has 1 atom stereocenters. The summed E-state index contributed by atoms with van der Waals surface area (Å²) in [5, 5.41) is 0.0735. The van der Waals surface area contributed by atoms with Gasteiger partial charge < -0.3 is 4.52 Å². The summed E-state index contributed by atoms with van der Waals surface area (Å²) in [6.07, 6.45) is 0. The van der Waals surface area contributed by atoms with Crippen molar-refractivity contribution in [2.24, 2.45) is 0 Å². The molecule has 0 saturated carbocycles. The molecule has 0 aliphatic carbocycles. The number of halogens is 2. The third-order valence-electron chi connectivity index (χ3n) is 1.37. The summed E-state index contributed by atoms with van der Waals surface area (Å²) in [5.41, 5.74) is 0. The van der Waals surface area contributed by atoms with Crippen molar-refractivity contribution in [1.82, 2.24) is 0 Å². The average molecular weight is 206 g/mol. The molecule has 0 radical (unpaired) electrons. The van der Waals surface area contributed by atoms with Crippen LogP contribution in [0.5, 0.6) is 0 Å². The fourth-order valence-electron chi connectivity index (χ4n) is 0.886. The molecule has 1 aromatic carbocycles. The summed E-state index contributed by atoms with van der Waals surface area (Å²) in [6, 6.07) is 2.75. The Morgan fingerprint density at radius 2 is 1.85 bits per heavy atom. The fourth-order valence-corrected chi connectivity index (χ4v) is 1.83. The summed E-state index contributed by atoms with van der Waals surface area (Å²) in [4.78, 5) is 0. The summed E-state index contributed by atoms with van der Waals surface area (Å²) < 4.78 is 41.2. The zero-order chi connectivity index (χ0) is 9.84. The van der Waals surface area contributed by atoms with Crippen molar-refractivity contribution in [3.63, 3.8) is 0 Å². The van der Waals surface area contributed by atoms with Crippen LogP contribution in [0.3, 0.4) is 0 Å². The van der Waals surface area contributed by atoms with Crippen molar-refractivity contribution in [1.29, 1.82) is 0 Å². The molecule has 13 heavy (non-hydrogen) atoms. The Morgan fingerprint density at radius 1 is 1.31 bits per heavy atom. The third kappa shape index (κ3) is 2.90. The first-order valence-corrected chi connectivity index (χ1v) is 5.08. The molecular weight excluding hydrogens is 197 g/mol. The zero-order valence-corrected chi connectivity index (χ0v) is 8.01. The van der Waals surface area contributed by atoms with Gasteiger partial charge in [-0.25, -0.2) is 8.78 Å². The first-order valence-electron chi connectivity index (χ1n) is 3.76. The average Bonchev–Trinajstić information content (AvgIpc) is 2.03. The van der Waals surface area contributed by atoms with Crippen LogP contribution in [0.15, 0.2) is 18.2 Å². The van der Waals surface area contributed by atoms with E-state index >= 15 is 0 Å². The molecule has 2 nitrogen and oxygen atoms in total. The van der Waals surface area contributed by atoms with Crippen molar-refractivity contribution in [2.75, 3.05) is 6.61 Å². The molecule has 1 unspecified atom stereocenters. The highest BCUT2D eigenvalue weighted by Gasteiger charge is 2.06. The highest BCUT2D eigenvalue weighted by molar-refractivity contribution is 7.48. The maximum Gasteiger partial charge on any atom is 0.220 e. The molecule has 0 saturated heterocycles. The zero-order valence-electron chi connectivity index (χ0n) is 7.01. The smallest absolute Gasteiger partial charge is 0.220 e. The number of hydrogen-bond acceptors (Lipinski definition) is 2. The molecule has 0 aliphatic heterocycles. The summed E-state index contributed by atoms with van der Waals surface area (Å²) in [7, 11) is -2.49. The number of benzene rings is 1. The van der Waals surface area contributed by atoms with Gasteiger partial charge in [-0.15, -0.1) is 0 Å². The lowest BCUT2D eigenvalue weighted by molar-refractivity contribution is 0.357. The van der Waals surface area contributed by atoms with Gasteiger partial charge in [0, 0.05) is 11.4 Å². The van der Waals surface area contributed by atoms with Crippen molar-refractivity contribution >= 4 is 13.3 Å². The summed E-state index contributed by atoms with van der Waals surface area (Å²) in [6.45, 7) is 1.92. The second-order valence-electron chi connectivity index (χ2n) is 2.38. The van der Waals surface area contributed by atoms with Gasteiger partial charge in [0.1, 0.15) is 11.6 Å². The van der Waals surface area contributed by atoms with Gasteiger partial charge in [-0.2, -0.15) is 0 Å². The van der Waals surface area contributed by atoms with Gasteiger partial charge in [-0.3, -0.25) is 4.57 Å². The second kappa shape index (κ2) is 4.49. The lowest BCUT2D eigenvalue weighted by Gasteiger charge is -2.01. The van der Waals surface area contributed by atoms with Gasteiger partial charge in [0.05, 0.1) is 6.61 Å². The van der Waals surface area contributed by atoms with E-state index in [1.54, 1.807) is 6.92 Å². The quantitative estimate of drug-likeness (QED) is 0.708. The Bertz CT molecular complexity index is 308. The van der Waals surface area contributed by atoms with Crippen LogP contribution in [0.1, 0.15) is 6.92 Å². The lowest BCUT2D eigenvalue weighted by atomic mass is 10.3. The highest BCUT2D eigenvalue weighted by atomic mass is 31.1. The Balaban J connectivity index is 2.94. The molecule has 0 bridgehead atoms. The van der Waals surface area contributed by atoms with Gasteiger partial charge in [0.15, 0.2) is 0 Å². The second-order valence-corrected chi connectivity index (χ2v) is 3.82. The van der Waals surface area contributed by atoms with E-state index in [4.69, 9.17) is 4.52 Å². The van der Waals surface area contributed by atoms with Crippen molar-refractivity contribution in [3.8, 4) is 0 Å². The molecule has 0 N–H and O–H groups in total. The van der Waals surface area contributed by atoms with E-state index in [1.807, 2.05) is 0 Å². The molecule has 1 aromatic rings. The fraction of sp³-hybridized carbons (Fsp3) is 0.250. The van der Waals surface area contributed by atoms with Gasteiger partial charge in [0.25, 0.3) is 0 Å². The van der Waals surface area contributed by atoms with E-state index in [0.717, 1.165) is 18.2 Å². The minimum absolute atomic E-state index is 0.0735. The van der Waals surface area contributed by atoms with Crippen LogP contribution in [0.2, 0.25) is 0 Å². The first-order chi connectivity index (χ1) is 6.13.